The Kier molecular flexibility index (Phi) is 3.67. The van der Waals surface area contributed by atoms with Gasteiger partial charge >= 0.3 is 0 Å². The molecule has 8 heteroatoms. The molecular formula is C14H7Cl2N5O. The number of rotatable bonds is 2. The van der Waals surface area contributed by atoms with Crippen LogP contribution in [0.2, 0.25) is 10.0 Å². The average molecular weight is 332 g/mol. The first-order valence-corrected chi connectivity index (χ1v) is 6.85. The number of nitriles is 1. The smallest absolute Gasteiger partial charge is 0.267 e. The van der Waals surface area contributed by atoms with Crippen LogP contribution < -0.4 is 5.56 Å². The van der Waals surface area contributed by atoms with Gasteiger partial charge in [0.2, 0.25) is 0 Å². The molecule has 0 aliphatic rings. The molecule has 0 bridgehead atoms. The zero-order chi connectivity index (χ0) is 15.7. The fraction of sp³-hybridized carbons (Fsp3) is 0. The van der Waals surface area contributed by atoms with E-state index < -0.39 is 5.56 Å². The third-order valence-electron chi connectivity index (χ3n) is 3.00. The Hall–Kier alpha value is -2.62. The highest BCUT2D eigenvalue weighted by Crippen LogP contribution is 2.32. The van der Waals surface area contributed by atoms with Crippen molar-refractivity contribution >= 4 is 23.2 Å². The van der Waals surface area contributed by atoms with Crippen LogP contribution in [0.4, 0.5) is 0 Å². The molecular weight excluding hydrogens is 325 g/mol. The quantitative estimate of drug-likeness (QED) is 0.782. The van der Waals surface area contributed by atoms with Gasteiger partial charge in [-0.3, -0.25) is 4.79 Å². The van der Waals surface area contributed by atoms with Gasteiger partial charge in [0.15, 0.2) is 5.69 Å². The average Bonchev–Trinajstić information content (AvgIpc) is 2.99. The van der Waals surface area contributed by atoms with Gasteiger partial charge in [0, 0.05) is 22.3 Å². The fourth-order valence-electron chi connectivity index (χ4n) is 2.02. The highest BCUT2D eigenvalue weighted by atomic mass is 35.5. The Bertz CT molecular complexity index is 954. The second-order valence-electron chi connectivity index (χ2n) is 4.36. The molecule has 0 fully saturated rings. The van der Waals surface area contributed by atoms with E-state index in [-0.39, 0.29) is 10.7 Å². The second-order valence-corrected chi connectivity index (χ2v) is 5.17. The predicted octanol–water partition coefficient (Wildman–Crippen LogP) is 2.80. The van der Waals surface area contributed by atoms with Crippen molar-refractivity contribution in [1.82, 2.24) is 20.0 Å². The van der Waals surface area contributed by atoms with Crippen LogP contribution in [0.3, 0.4) is 0 Å². The molecule has 0 aliphatic heterocycles. The lowest BCUT2D eigenvalue weighted by Crippen LogP contribution is -2.07. The van der Waals surface area contributed by atoms with E-state index >= 15 is 0 Å². The van der Waals surface area contributed by atoms with E-state index in [0.29, 0.717) is 21.8 Å². The molecule has 108 valence electrons. The van der Waals surface area contributed by atoms with Crippen LogP contribution in [-0.2, 0) is 0 Å². The van der Waals surface area contributed by atoms with Crippen molar-refractivity contribution < 1.29 is 0 Å². The lowest BCUT2D eigenvalue weighted by Gasteiger charge is -2.10. The largest absolute Gasteiger partial charge is 0.328 e. The number of nitrogens with one attached hydrogen (secondary N) is 1. The van der Waals surface area contributed by atoms with Crippen molar-refractivity contribution in [2.45, 2.75) is 0 Å². The monoisotopic (exact) mass is 331 g/mol. The predicted molar refractivity (Wildman–Crippen MR) is 82.2 cm³/mol. The number of pyridine rings is 1. The molecule has 0 unspecified atom stereocenters. The number of halogens is 2. The minimum Gasteiger partial charge on any atom is -0.328 e. The minimum absolute atomic E-state index is 0.0478. The summed E-state index contributed by atoms with van der Waals surface area (Å²) in [5.74, 6) is 0. The molecule has 0 saturated heterocycles. The Morgan fingerprint density at radius 1 is 1.23 bits per heavy atom. The standard InChI is InChI=1S/C14H7Cl2N5O/c15-8-1-2-12(21-7-9(6-17)19-20-21)11(5-8)10-3-4-18-14(22)13(10)16/h1-5,7H,(H,18,22). The van der Waals surface area contributed by atoms with Gasteiger partial charge in [0.1, 0.15) is 11.1 Å². The minimum atomic E-state index is -0.401. The summed E-state index contributed by atoms with van der Waals surface area (Å²) in [5, 5.41) is 17.0. The van der Waals surface area contributed by atoms with Crippen LogP contribution in [0.25, 0.3) is 16.8 Å². The Morgan fingerprint density at radius 2 is 2.05 bits per heavy atom. The number of aromatic nitrogens is 4. The fourth-order valence-corrected chi connectivity index (χ4v) is 2.42. The Balaban J connectivity index is 2.27. The van der Waals surface area contributed by atoms with E-state index in [9.17, 15) is 4.79 Å². The third kappa shape index (κ3) is 2.48. The first kappa shape index (κ1) is 14.3. The molecule has 0 radical (unpaired) electrons. The summed E-state index contributed by atoms with van der Waals surface area (Å²) >= 11 is 12.1. The van der Waals surface area contributed by atoms with E-state index in [4.69, 9.17) is 28.5 Å². The molecule has 22 heavy (non-hydrogen) atoms. The number of hydrogen-bond donors (Lipinski definition) is 1. The first-order valence-electron chi connectivity index (χ1n) is 6.10. The van der Waals surface area contributed by atoms with E-state index in [2.05, 4.69) is 15.3 Å². The van der Waals surface area contributed by atoms with Crippen LogP contribution >= 0.6 is 23.2 Å². The zero-order valence-electron chi connectivity index (χ0n) is 10.9. The van der Waals surface area contributed by atoms with Gasteiger partial charge in [-0.25, -0.2) is 4.68 Å². The van der Waals surface area contributed by atoms with Crippen molar-refractivity contribution in [2.24, 2.45) is 0 Å². The zero-order valence-corrected chi connectivity index (χ0v) is 12.4. The Labute approximate surface area is 134 Å². The second kappa shape index (κ2) is 5.64. The number of aromatic amines is 1. The molecule has 1 N–H and O–H groups in total. The molecule has 0 aliphatic carbocycles. The van der Waals surface area contributed by atoms with Crippen molar-refractivity contribution in [2.75, 3.05) is 0 Å². The highest BCUT2D eigenvalue weighted by Gasteiger charge is 2.14. The molecule has 0 spiro atoms. The lowest BCUT2D eigenvalue weighted by atomic mass is 10.0. The van der Waals surface area contributed by atoms with Crippen molar-refractivity contribution in [1.29, 1.82) is 5.26 Å². The summed E-state index contributed by atoms with van der Waals surface area (Å²) in [6.45, 7) is 0. The van der Waals surface area contributed by atoms with Crippen LogP contribution in [-0.4, -0.2) is 20.0 Å². The maximum absolute atomic E-state index is 11.7. The highest BCUT2D eigenvalue weighted by molar-refractivity contribution is 6.33. The maximum Gasteiger partial charge on any atom is 0.267 e. The lowest BCUT2D eigenvalue weighted by molar-refractivity contribution is 0.803. The summed E-state index contributed by atoms with van der Waals surface area (Å²) < 4.78 is 1.43. The van der Waals surface area contributed by atoms with E-state index in [1.807, 2.05) is 6.07 Å². The molecule has 2 heterocycles. The van der Waals surface area contributed by atoms with Gasteiger partial charge in [0.25, 0.3) is 5.56 Å². The van der Waals surface area contributed by atoms with Crippen molar-refractivity contribution in [3.05, 3.63) is 62.8 Å². The van der Waals surface area contributed by atoms with Crippen LogP contribution in [0.5, 0.6) is 0 Å². The van der Waals surface area contributed by atoms with Crippen molar-refractivity contribution in [3.8, 4) is 22.9 Å². The number of benzene rings is 1. The van der Waals surface area contributed by atoms with E-state index in [0.717, 1.165) is 0 Å². The third-order valence-corrected chi connectivity index (χ3v) is 3.61. The normalized spacial score (nSPS) is 10.4. The van der Waals surface area contributed by atoms with Gasteiger partial charge in [-0.1, -0.05) is 28.4 Å². The molecule has 3 rings (SSSR count). The topological polar surface area (TPSA) is 87.4 Å². The van der Waals surface area contributed by atoms with Gasteiger partial charge < -0.3 is 4.98 Å². The van der Waals surface area contributed by atoms with Crippen LogP contribution in [0, 0.1) is 11.3 Å². The van der Waals surface area contributed by atoms with Gasteiger partial charge in [0.05, 0.1) is 11.9 Å². The van der Waals surface area contributed by atoms with Crippen LogP contribution in [0.15, 0.2) is 41.5 Å². The number of H-pyrrole nitrogens is 1. The summed E-state index contributed by atoms with van der Waals surface area (Å²) in [6, 6.07) is 8.64. The summed E-state index contributed by atoms with van der Waals surface area (Å²) in [7, 11) is 0. The molecule has 0 amide bonds. The number of hydrogen-bond acceptors (Lipinski definition) is 4. The summed E-state index contributed by atoms with van der Waals surface area (Å²) in [4.78, 5) is 14.2. The molecule has 3 aromatic rings. The SMILES string of the molecule is N#Cc1cn(-c2ccc(Cl)cc2-c2cc[nH]c(=O)c2Cl)nn1. The van der Waals surface area contributed by atoms with Gasteiger partial charge in [-0.2, -0.15) is 5.26 Å². The molecule has 6 nitrogen and oxygen atoms in total. The molecule has 0 atom stereocenters. The maximum atomic E-state index is 11.7. The Morgan fingerprint density at radius 3 is 2.77 bits per heavy atom. The van der Waals surface area contributed by atoms with Gasteiger partial charge in [-0.05, 0) is 24.3 Å². The van der Waals surface area contributed by atoms with E-state index in [1.54, 1.807) is 24.3 Å². The van der Waals surface area contributed by atoms with Gasteiger partial charge in [-0.15, -0.1) is 5.10 Å². The van der Waals surface area contributed by atoms with Crippen molar-refractivity contribution in [3.63, 3.8) is 0 Å². The summed E-state index contributed by atoms with van der Waals surface area (Å²) in [5.41, 5.74) is 1.50. The van der Waals surface area contributed by atoms with Crippen LogP contribution in [0.1, 0.15) is 5.69 Å². The number of nitrogens with zero attached hydrogens (tertiary/aromatic N) is 4. The molecule has 1 aromatic carbocycles. The molecule has 2 aromatic heterocycles. The molecule has 0 saturated carbocycles. The first-order chi connectivity index (χ1) is 10.6. The summed E-state index contributed by atoms with van der Waals surface area (Å²) in [6.07, 6.45) is 2.98. The van der Waals surface area contributed by atoms with E-state index in [1.165, 1.54) is 17.1 Å².